The molecule has 4 rings (SSSR count). The van der Waals surface area contributed by atoms with Crippen LogP contribution in [0, 0.1) is 6.92 Å². The van der Waals surface area contributed by atoms with Gasteiger partial charge in [0.15, 0.2) is 0 Å². The number of rotatable bonds is 6. The van der Waals surface area contributed by atoms with Gasteiger partial charge in [0.2, 0.25) is 5.91 Å². The quantitative estimate of drug-likeness (QED) is 0.457. The molecule has 7 nitrogen and oxygen atoms in total. The minimum Gasteiger partial charge on any atom is -0.480 e. The van der Waals surface area contributed by atoms with Gasteiger partial charge >= 0.3 is 11.6 Å². The van der Waals surface area contributed by atoms with Crippen molar-refractivity contribution < 1.29 is 23.5 Å². The highest BCUT2D eigenvalue weighted by molar-refractivity contribution is 6.02. The molecule has 0 aliphatic rings. The van der Waals surface area contributed by atoms with Crippen LogP contribution in [-0.4, -0.2) is 23.0 Å². The topological polar surface area (TPSA) is 110 Å². The summed E-state index contributed by atoms with van der Waals surface area (Å²) in [6, 6.07) is 12.3. The van der Waals surface area contributed by atoms with E-state index in [0.717, 1.165) is 16.5 Å². The second-order valence-electron chi connectivity index (χ2n) is 7.40. The first-order chi connectivity index (χ1) is 14.9. The van der Waals surface area contributed by atoms with Crippen LogP contribution in [0.15, 0.2) is 62.4 Å². The standard InChI is InChI=1S/C24H21NO6/c1-3-19(23(27)28)25-22(26)10-16-13(2)15-9-17-18(14-7-5-4-6-8-14)12-30-20(17)11-21(15)31-24(16)29/h4-9,11-12,19H,3,10H2,1-2H3,(H,25,26)(H,27,28)/t19-/m0/s1. The van der Waals surface area contributed by atoms with Crippen molar-refractivity contribution in [3.8, 4) is 11.1 Å². The molecular formula is C24H21NO6. The number of amides is 1. The molecule has 2 aromatic carbocycles. The van der Waals surface area contributed by atoms with E-state index < -0.39 is 23.5 Å². The molecule has 0 spiro atoms. The second-order valence-corrected chi connectivity index (χ2v) is 7.40. The number of nitrogens with one attached hydrogen (secondary N) is 1. The Balaban J connectivity index is 1.77. The Hall–Kier alpha value is -3.87. The molecule has 0 unspecified atom stereocenters. The van der Waals surface area contributed by atoms with E-state index in [4.69, 9.17) is 13.9 Å². The van der Waals surface area contributed by atoms with Crippen molar-refractivity contribution in [3.63, 3.8) is 0 Å². The number of aryl methyl sites for hydroxylation is 1. The first-order valence-electron chi connectivity index (χ1n) is 9.94. The molecule has 2 heterocycles. The predicted molar refractivity (Wildman–Crippen MR) is 116 cm³/mol. The van der Waals surface area contributed by atoms with Gasteiger partial charge in [-0.05, 0) is 30.5 Å². The number of carboxylic acid groups (broad SMARTS) is 1. The Morgan fingerprint density at radius 1 is 1.10 bits per heavy atom. The summed E-state index contributed by atoms with van der Waals surface area (Å²) in [7, 11) is 0. The number of carboxylic acids is 1. The number of hydrogen-bond donors (Lipinski definition) is 2. The van der Waals surface area contributed by atoms with Crippen molar-refractivity contribution in [1.29, 1.82) is 0 Å². The van der Waals surface area contributed by atoms with Gasteiger partial charge in [-0.15, -0.1) is 0 Å². The van der Waals surface area contributed by atoms with Crippen LogP contribution >= 0.6 is 0 Å². The average Bonchev–Trinajstić information content (AvgIpc) is 3.17. The van der Waals surface area contributed by atoms with Crippen molar-refractivity contribution in [1.82, 2.24) is 5.32 Å². The van der Waals surface area contributed by atoms with Gasteiger partial charge < -0.3 is 19.3 Å². The maximum atomic E-state index is 12.5. The minimum atomic E-state index is -1.12. The third-order valence-corrected chi connectivity index (χ3v) is 5.45. The molecule has 0 aliphatic heterocycles. The molecule has 0 fully saturated rings. The molecular weight excluding hydrogens is 398 g/mol. The van der Waals surface area contributed by atoms with E-state index >= 15 is 0 Å². The van der Waals surface area contributed by atoms with E-state index in [-0.39, 0.29) is 18.4 Å². The highest BCUT2D eigenvalue weighted by Gasteiger charge is 2.21. The lowest BCUT2D eigenvalue weighted by molar-refractivity contribution is -0.141. The van der Waals surface area contributed by atoms with E-state index in [9.17, 15) is 14.4 Å². The highest BCUT2D eigenvalue weighted by atomic mass is 16.4. The Morgan fingerprint density at radius 2 is 1.84 bits per heavy atom. The normalized spacial score (nSPS) is 12.2. The van der Waals surface area contributed by atoms with E-state index in [2.05, 4.69) is 5.32 Å². The highest BCUT2D eigenvalue weighted by Crippen LogP contribution is 2.34. The summed E-state index contributed by atoms with van der Waals surface area (Å²) in [4.78, 5) is 36.1. The largest absolute Gasteiger partial charge is 0.480 e. The van der Waals surface area contributed by atoms with Gasteiger partial charge in [-0.2, -0.15) is 0 Å². The third-order valence-electron chi connectivity index (χ3n) is 5.45. The molecule has 0 saturated heterocycles. The van der Waals surface area contributed by atoms with Crippen LogP contribution in [0.25, 0.3) is 33.1 Å². The predicted octanol–water partition coefficient (Wildman–Crippen LogP) is 4.04. The van der Waals surface area contributed by atoms with Crippen LogP contribution in [0.2, 0.25) is 0 Å². The SMILES string of the molecule is CC[C@H](NC(=O)Cc1c(C)c2cc3c(-c4ccccc4)coc3cc2oc1=O)C(=O)O. The summed E-state index contributed by atoms with van der Waals surface area (Å²) in [6.07, 6.45) is 1.65. The Morgan fingerprint density at radius 3 is 2.52 bits per heavy atom. The fourth-order valence-electron chi connectivity index (χ4n) is 3.70. The fraction of sp³-hybridized carbons (Fsp3) is 0.208. The zero-order chi connectivity index (χ0) is 22.1. The summed E-state index contributed by atoms with van der Waals surface area (Å²) >= 11 is 0. The van der Waals surface area contributed by atoms with Crippen LogP contribution in [0.3, 0.4) is 0 Å². The lowest BCUT2D eigenvalue weighted by Gasteiger charge is -2.13. The number of hydrogen-bond acceptors (Lipinski definition) is 5. The molecule has 2 aromatic heterocycles. The van der Waals surface area contributed by atoms with Crippen LogP contribution in [0.1, 0.15) is 24.5 Å². The molecule has 0 bridgehead atoms. The fourth-order valence-corrected chi connectivity index (χ4v) is 3.70. The van der Waals surface area contributed by atoms with Gasteiger partial charge in [0.05, 0.1) is 18.2 Å². The lowest BCUT2D eigenvalue weighted by Crippen LogP contribution is -2.41. The van der Waals surface area contributed by atoms with Gasteiger partial charge in [0, 0.05) is 22.4 Å². The summed E-state index contributed by atoms with van der Waals surface area (Å²) < 4.78 is 11.1. The van der Waals surface area contributed by atoms with Gasteiger partial charge in [-0.1, -0.05) is 37.3 Å². The van der Waals surface area contributed by atoms with Crippen LogP contribution in [0.5, 0.6) is 0 Å². The maximum Gasteiger partial charge on any atom is 0.340 e. The number of aliphatic carboxylic acids is 1. The summed E-state index contributed by atoms with van der Waals surface area (Å²) in [6.45, 7) is 3.42. The van der Waals surface area contributed by atoms with Crippen molar-refractivity contribution >= 4 is 33.8 Å². The summed E-state index contributed by atoms with van der Waals surface area (Å²) in [5, 5.41) is 13.1. The number of furan rings is 1. The first kappa shape index (κ1) is 20.4. The minimum absolute atomic E-state index is 0.203. The number of carbonyl (C=O) groups is 2. The van der Waals surface area contributed by atoms with E-state index in [1.54, 1.807) is 26.2 Å². The smallest absolute Gasteiger partial charge is 0.340 e. The van der Waals surface area contributed by atoms with Crippen LogP contribution in [-0.2, 0) is 16.0 Å². The monoisotopic (exact) mass is 419 g/mol. The third kappa shape index (κ3) is 3.82. The van der Waals surface area contributed by atoms with Gasteiger partial charge in [0.1, 0.15) is 17.2 Å². The molecule has 1 amide bonds. The Labute approximate surface area is 177 Å². The van der Waals surface area contributed by atoms with E-state index in [0.29, 0.717) is 22.1 Å². The van der Waals surface area contributed by atoms with Gasteiger partial charge in [-0.3, -0.25) is 4.79 Å². The van der Waals surface area contributed by atoms with Crippen LogP contribution < -0.4 is 10.9 Å². The molecule has 4 aromatic rings. The second kappa shape index (κ2) is 8.10. The van der Waals surface area contributed by atoms with Crippen molar-refractivity contribution in [3.05, 3.63) is 70.3 Å². The molecule has 7 heteroatoms. The summed E-state index contributed by atoms with van der Waals surface area (Å²) in [5.41, 5.74) is 3.06. The Bertz CT molecular complexity index is 1350. The van der Waals surface area contributed by atoms with Crippen molar-refractivity contribution in [2.75, 3.05) is 0 Å². The maximum absolute atomic E-state index is 12.5. The van der Waals surface area contributed by atoms with Crippen molar-refractivity contribution in [2.24, 2.45) is 0 Å². The van der Waals surface area contributed by atoms with Gasteiger partial charge in [-0.25, -0.2) is 9.59 Å². The number of fused-ring (bicyclic) bond motifs is 2. The lowest BCUT2D eigenvalue weighted by atomic mass is 9.99. The van der Waals surface area contributed by atoms with E-state index in [1.165, 1.54) is 0 Å². The molecule has 0 radical (unpaired) electrons. The number of benzene rings is 2. The molecule has 0 saturated carbocycles. The van der Waals surface area contributed by atoms with E-state index in [1.807, 2.05) is 36.4 Å². The number of carbonyl (C=O) groups excluding carboxylic acids is 1. The van der Waals surface area contributed by atoms with Crippen LogP contribution in [0.4, 0.5) is 0 Å². The zero-order valence-electron chi connectivity index (χ0n) is 17.1. The van der Waals surface area contributed by atoms with Gasteiger partial charge in [0.25, 0.3) is 0 Å². The summed E-state index contributed by atoms with van der Waals surface area (Å²) in [5.74, 6) is -1.66. The van der Waals surface area contributed by atoms with Crippen molar-refractivity contribution in [2.45, 2.75) is 32.7 Å². The molecule has 0 aliphatic carbocycles. The molecule has 1 atom stereocenters. The zero-order valence-corrected chi connectivity index (χ0v) is 17.1. The molecule has 2 N–H and O–H groups in total. The first-order valence-corrected chi connectivity index (χ1v) is 9.94. The molecule has 158 valence electrons. The Kier molecular flexibility index (Phi) is 5.33. The average molecular weight is 419 g/mol. The molecule has 31 heavy (non-hydrogen) atoms.